The van der Waals surface area contributed by atoms with Gasteiger partial charge in [0.15, 0.2) is 5.13 Å². The zero-order chi connectivity index (χ0) is 15.5. The third-order valence-corrected chi connectivity index (χ3v) is 4.25. The van der Waals surface area contributed by atoms with Crippen LogP contribution >= 0.6 is 23.7 Å². The molecule has 2 heterocycles. The van der Waals surface area contributed by atoms with Gasteiger partial charge in [-0.2, -0.15) is 0 Å². The number of nitrogens with zero attached hydrogens (tertiary/aromatic N) is 1. The zero-order valence-corrected chi connectivity index (χ0v) is 14.1. The average Bonchev–Trinajstić information content (AvgIpc) is 2.89. The highest BCUT2D eigenvalue weighted by atomic mass is 35.5. The quantitative estimate of drug-likeness (QED) is 0.886. The van der Waals surface area contributed by atoms with Crippen molar-refractivity contribution in [2.75, 3.05) is 25.0 Å². The molecule has 1 aromatic heterocycles. The standard InChI is InChI=1S/C15H16FN3O2S.ClH/c1-9-13(10-2-4-11(16)5-3-10)18-15(22-9)19-14(20)12-8-17-6-7-21-12;/h2-5,12,17H,6-8H2,1H3,(H,18,19,20);1H. The average molecular weight is 358 g/mol. The maximum Gasteiger partial charge on any atom is 0.256 e. The van der Waals surface area contributed by atoms with Crippen LogP contribution in [0.4, 0.5) is 9.52 Å². The fraction of sp³-hybridized carbons (Fsp3) is 0.333. The lowest BCUT2D eigenvalue weighted by Crippen LogP contribution is -2.45. The number of thiazole rings is 1. The van der Waals surface area contributed by atoms with Gasteiger partial charge in [0.05, 0.1) is 12.3 Å². The molecule has 0 aliphatic carbocycles. The summed E-state index contributed by atoms with van der Waals surface area (Å²) >= 11 is 1.39. The molecule has 0 bridgehead atoms. The molecule has 124 valence electrons. The highest BCUT2D eigenvalue weighted by Gasteiger charge is 2.23. The number of benzene rings is 1. The molecular formula is C15H17ClFN3O2S. The normalized spacial score (nSPS) is 17.4. The number of amides is 1. The summed E-state index contributed by atoms with van der Waals surface area (Å²) in [5.41, 5.74) is 1.58. The van der Waals surface area contributed by atoms with Crippen LogP contribution in [-0.4, -0.2) is 36.7 Å². The lowest BCUT2D eigenvalue weighted by Gasteiger charge is -2.22. The summed E-state index contributed by atoms with van der Waals surface area (Å²) in [6.45, 7) is 3.70. The number of anilines is 1. The van der Waals surface area contributed by atoms with Gasteiger partial charge in [-0.05, 0) is 31.2 Å². The Morgan fingerprint density at radius 3 is 2.83 bits per heavy atom. The van der Waals surface area contributed by atoms with E-state index < -0.39 is 6.10 Å². The first-order chi connectivity index (χ1) is 10.6. The van der Waals surface area contributed by atoms with Gasteiger partial charge in [-0.15, -0.1) is 23.7 Å². The summed E-state index contributed by atoms with van der Waals surface area (Å²) in [4.78, 5) is 17.5. The van der Waals surface area contributed by atoms with Crippen molar-refractivity contribution in [2.45, 2.75) is 13.0 Å². The fourth-order valence-corrected chi connectivity index (χ4v) is 3.08. The van der Waals surface area contributed by atoms with E-state index in [4.69, 9.17) is 4.74 Å². The Kier molecular flexibility index (Phi) is 6.06. The van der Waals surface area contributed by atoms with Crippen molar-refractivity contribution in [3.8, 4) is 11.3 Å². The molecule has 1 aliphatic heterocycles. The molecule has 5 nitrogen and oxygen atoms in total. The van der Waals surface area contributed by atoms with E-state index in [1.165, 1.54) is 23.5 Å². The van der Waals surface area contributed by atoms with Gasteiger partial charge < -0.3 is 10.1 Å². The van der Waals surface area contributed by atoms with E-state index in [1.54, 1.807) is 12.1 Å². The summed E-state index contributed by atoms with van der Waals surface area (Å²) < 4.78 is 18.4. The van der Waals surface area contributed by atoms with E-state index in [1.807, 2.05) is 6.92 Å². The van der Waals surface area contributed by atoms with Crippen molar-refractivity contribution in [1.82, 2.24) is 10.3 Å². The molecular weight excluding hydrogens is 341 g/mol. The van der Waals surface area contributed by atoms with Crippen LogP contribution in [0.25, 0.3) is 11.3 Å². The van der Waals surface area contributed by atoms with Crippen LogP contribution in [0.5, 0.6) is 0 Å². The molecule has 2 N–H and O–H groups in total. The van der Waals surface area contributed by atoms with Crippen LogP contribution in [0, 0.1) is 12.7 Å². The summed E-state index contributed by atoms with van der Waals surface area (Å²) in [6, 6.07) is 6.15. The van der Waals surface area contributed by atoms with Crippen LogP contribution in [0.3, 0.4) is 0 Å². The number of hydrogen-bond acceptors (Lipinski definition) is 5. The van der Waals surface area contributed by atoms with E-state index in [0.29, 0.717) is 18.3 Å². The molecule has 0 saturated carbocycles. The summed E-state index contributed by atoms with van der Waals surface area (Å²) in [6.07, 6.45) is -0.493. The number of nitrogens with one attached hydrogen (secondary N) is 2. The molecule has 0 radical (unpaired) electrons. The maximum absolute atomic E-state index is 13.0. The molecule has 1 unspecified atom stereocenters. The largest absolute Gasteiger partial charge is 0.366 e. The third kappa shape index (κ3) is 4.26. The molecule has 0 spiro atoms. The Hall–Kier alpha value is -1.54. The minimum Gasteiger partial charge on any atom is -0.366 e. The van der Waals surface area contributed by atoms with Crippen molar-refractivity contribution in [3.05, 3.63) is 35.0 Å². The number of morpholine rings is 1. The Morgan fingerprint density at radius 1 is 1.43 bits per heavy atom. The van der Waals surface area contributed by atoms with Gasteiger partial charge in [-0.1, -0.05) is 0 Å². The first-order valence-electron chi connectivity index (χ1n) is 7.00. The lowest BCUT2D eigenvalue weighted by molar-refractivity contribution is -0.128. The lowest BCUT2D eigenvalue weighted by atomic mass is 10.1. The van der Waals surface area contributed by atoms with Crippen LogP contribution in [0.1, 0.15) is 4.88 Å². The fourth-order valence-electron chi connectivity index (χ4n) is 2.25. The Labute approximate surface area is 143 Å². The summed E-state index contributed by atoms with van der Waals surface area (Å²) in [7, 11) is 0. The topological polar surface area (TPSA) is 63.2 Å². The minimum atomic E-state index is -0.493. The smallest absolute Gasteiger partial charge is 0.256 e. The number of carbonyl (C=O) groups is 1. The van der Waals surface area contributed by atoms with E-state index in [0.717, 1.165) is 22.7 Å². The summed E-state index contributed by atoms with van der Waals surface area (Å²) in [5.74, 6) is -0.487. The number of rotatable bonds is 3. The van der Waals surface area contributed by atoms with Crippen molar-refractivity contribution >= 4 is 34.8 Å². The molecule has 2 aromatic rings. The van der Waals surface area contributed by atoms with Crippen molar-refractivity contribution < 1.29 is 13.9 Å². The number of carbonyl (C=O) groups excluding carboxylic acids is 1. The van der Waals surface area contributed by atoms with E-state index >= 15 is 0 Å². The van der Waals surface area contributed by atoms with Crippen molar-refractivity contribution in [3.63, 3.8) is 0 Å². The second-order valence-electron chi connectivity index (χ2n) is 4.98. The summed E-state index contributed by atoms with van der Waals surface area (Å²) in [5, 5.41) is 6.42. The predicted molar refractivity (Wildman–Crippen MR) is 90.7 cm³/mol. The Morgan fingerprint density at radius 2 is 2.17 bits per heavy atom. The van der Waals surface area contributed by atoms with Crippen LogP contribution in [0.2, 0.25) is 0 Å². The van der Waals surface area contributed by atoms with E-state index in [2.05, 4.69) is 15.6 Å². The van der Waals surface area contributed by atoms with Gasteiger partial charge in [0, 0.05) is 23.5 Å². The van der Waals surface area contributed by atoms with Crippen molar-refractivity contribution in [2.24, 2.45) is 0 Å². The van der Waals surface area contributed by atoms with Crippen LogP contribution < -0.4 is 10.6 Å². The molecule has 1 aromatic carbocycles. The molecule has 8 heteroatoms. The SMILES string of the molecule is Cc1sc(NC(=O)C2CNCCO2)nc1-c1ccc(F)cc1.Cl. The molecule has 1 fully saturated rings. The molecule has 23 heavy (non-hydrogen) atoms. The Balaban J connectivity index is 0.00000192. The number of ether oxygens (including phenoxy) is 1. The van der Waals surface area contributed by atoms with Gasteiger partial charge in [-0.3, -0.25) is 10.1 Å². The molecule has 1 amide bonds. The number of aromatic nitrogens is 1. The van der Waals surface area contributed by atoms with Gasteiger partial charge in [0.1, 0.15) is 11.9 Å². The predicted octanol–water partition coefficient (Wildman–Crippen LogP) is 2.61. The number of aryl methyl sites for hydroxylation is 1. The minimum absolute atomic E-state index is 0. The van der Waals surface area contributed by atoms with Crippen LogP contribution in [-0.2, 0) is 9.53 Å². The monoisotopic (exact) mass is 357 g/mol. The van der Waals surface area contributed by atoms with Crippen molar-refractivity contribution in [1.29, 1.82) is 0 Å². The number of hydrogen-bond donors (Lipinski definition) is 2. The molecule has 3 rings (SSSR count). The first-order valence-corrected chi connectivity index (χ1v) is 7.81. The maximum atomic E-state index is 13.0. The zero-order valence-electron chi connectivity index (χ0n) is 12.5. The second-order valence-corrected chi connectivity index (χ2v) is 6.19. The second kappa shape index (κ2) is 7.83. The van der Waals surface area contributed by atoms with Gasteiger partial charge in [-0.25, -0.2) is 9.37 Å². The highest BCUT2D eigenvalue weighted by molar-refractivity contribution is 7.16. The Bertz CT molecular complexity index is 672. The number of halogens is 2. The highest BCUT2D eigenvalue weighted by Crippen LogP contribution is 2.30. The van der Waals surface area contributed by atoms with Gasteiger partial charge in [0.2, 0.25) is 0 Å². The van der Waals surface area contributed by atoms with E-state index in [-0.39, 0.29) is 24.1 Å². The molecule has 1 aliphatic rings. The first kappa shape index (κ1) is 17.8. The molecule has 1 saturated heterocycles. The third-order valence-electron chi connectivity index (χ3n) is 3.36. The van der Waals surface area contributed by atoms with Gasteiger partial charge >= 0.3 is 0 Å². The molecule has 1 atom stereocenters. The van der Waals surface area contributed by atoms with E-state index in [9.17, 15) is 9.18 Å². The van der Waals surface area contributed by atoms with Crippen LogP contribution in [0.15, 0.2) is 24.3 Å². The van der Waals surface area contributed by atoms with Gasteiger partial charge in [0.25, 0.3) is 5.91 Å².